The molecular formula is C14H12BrNO2. The number of benzene rings is 1. The summed E-state index contributed by atoms with van der Waals surface area (Å²) < 4.78 is 5.90. The van der Waals surface area contributed by atoms with Crippen LogP contribution in [0.3, 0.4) is 0 Å². The molecule has 0 aliphatic rings. The minimum atomic E-state index is -0.183. The molecule has 0 saturated heterocycles. The average Bonchev–Trinajstić information content (AvgIpc) is 2.76. The molecule has 2 rings (SSSR count). The van der Waals surface area contributed by atoms with E-state index in [1.54, 1.807) is 18.2 Å². The molecule has 1 heterocycles. The zero-order valence-corrected chi connectivity index (χ0v) is 11.4. The van der Waals surface area contributed by atoms with Gasteiger partial charge in [-0.2, -0.15) is 0 Å². The molecule has 0 atom stereocenters. The lowest BCUT2D eigenvalue weighted by atomic mass is 10.2. The molecule has 0 unspecified atom stereocenters. The maximum Gasteiger partial charge on any atom is 0.248 e. The number of carbonyl (C=O) groups is 1. The van der Waals surface area contributed by atoms with Crippen LogP contribution in [-0.4, -0.2) is 5.91 Å². The van der Waals surface area contributed by atoms with E-state index in [4.69, 9.17) is 4.42 Å². The van der Waals surface area contributed by atoms with Crippen LogP contribution in [0.2, 0.25) is 0 Å². The number of nitrogens with one attached hydrogen (secondary N) is 1. The van der Waals surface area contributed by atoms with Crippen molar-refractivity contribution in [1.29, 1.82) is 0 Å². The third kappa shape index (κ3) is 3.34. The van der Waals surface area contributed by atoms with Crippen LogP contribution in [-0.2, 0) is 4.79 Å². The van der Waals surface area contributed by atoms with E-state index < -0.39 is 0 Å². The van der Waals surface area contributed by atoms with Gasteiger partial charge in [-0.3, -0.25) is 4.79 Å². The number of amides is 1. The Morgan fingerprint density at radius 2 is 2.06 bits per heavy atom. The number of hydrogen-bond acceptors (Lipinski definition) is 2. The normalized spacial score (nSPS) is 10.8. The number of aryl methyl sites for hydroxylation is 1. The molecular weight excluding hydrogens is 294 g/mol. The zero-order chi connectivity index (χ0) is 13.0. The lowest BCUT2D eigenvalue weighted by Gasteiger charge is -2.04. The Balaban J connectivity index is 2.01. The first kappa shape index (κ1) is 12.6. The van der Waals surface area contributed by atoms with Gasteiger partial charge in [-0.1, -0.05) is 18.2 Å². The Morgan fingerprint density at radius 3 is 2.72 bits per heavy atom. The van der Waals surface area contributed by atoms with Crippen LogP contribution < -0.4 is 5.32 Å². The van der Waals surface area contributed by atoms with Gasteiger partial charge >= 0.3 is 0 Å². The van der Waals surface area contributed by atoms with Crippen LogP contribution in [0.15, 0.2) is 51.6 Å². The highest BCUT2D eigenvalue weighted by Gasteiger charge is 2.01. The molecule has 18 heavy (non-hydrogen) atoms. The Kier molecular flexibility index (Phi) is 3.99. The minimum absolute atomic E-state index is 0.183. The van der Waals surface area contributed by atoms with Gasteiger partial charge in [0.05, 0.1) is 0 Å². The fraction of sp³-hybridized carbons (Fsp3) is 0.0714. The van der Waals surface area contributed by atoms with E-state index in [1.165, 1.54) is 6.08 Å². The quantitative estimate of drug-likeness (QED) is 0.871. The summed E-state index contributed by atoms with van der Waals surface area (Å²) in [5.41, 5.74) is 1.84. The van der Waals surface area contributed by atoms with E-state index in [0.717, 1.165) is 11.3 Å². The Hall–Kier alpha value is -1.81. The van der Waals surface area contributed by atoms with E-state index in [-0.39, 0.29) is 5.91 Å². The highest BCUT2D eigenvalue weighted by atomic mass is 79.9. The summed E-state index contributed by atoms with van der Waals surface area (Å²) in [6, 6.07) is 11.2. The predicted octanol–water partition coefficient (Wildman–Crippen LogP) is 4.00. The van der Waals surface area contributed by atoms with Gasteiger partial charge in [-0.05, 0) is 52.7 Å². The van der Waals surface area contributed by atoms with E-state index in [2.05, 4.69) is 21.2 Å². The molecule has 1 N–H and O–H groups in total. The van der Waals surface area contributed by atoms with Gasteiger partial charge in [-0.25, -0.2) is 0 Å². The first-order valence-corrected chi connectivity index (χ1v) is 6.24. The number of furan rings is 1. The summed E-state index contributed by atoms with van der Waals surface area (Å²) in [6.45, 7) is 1.95. The van der Waals surface area contributed by atoms with Gasteiger partial charge in [0.25, 0.3) is 0 Å². The zero-order valence-electron chi connectivity index (χ0n) is 9.81. The second-order valence-corrected chi connectivity index (χ2v) is 4.56. The molecule has 2 aromatic rings. The van der Waals surface area contributed by atoms with Crippen molar-refractivity contribution in [2.75, 3.05) is 5.32 Å². The summed E-state index contributed by atoms with van der Waals surface area (Å²) in [5, 5.41) is 2.81. The predicted molar refractivity (Wildman–Crippen MR) is 75.3 cm³/mol. The molecule has 92 valence electrons. The van der Waals surface area contributed by atoms with Gasteiger partial charge in [0, 0.05) is 11.8 Å². The number of para-hydroxylation sites is 1. The highest BCUT2D eigenvalue weighted by Crippen LogP contribution is 2.16. The third-order valence-electron chi connectivity index (χ3n) is 2.40. The van der Waals surface area contributed by atoms with Crippen LogP contribution in [0.1, 0.15) is 11.3 Å². The molecule has 0 saturated carbocycles. The smallest absolute Gasteiger partial charge is 0.248 e. The summed E-state index contributed by atoms with van der Waals surface area (Å²) in [7, 11) is 0. The molecule has 0 spiro atoms. The molecule has 0 aliphatic heterocycles. The Labute approximate surface area is 114 Å². The SMILES string of the molecule is Cc1ccccc1NC(=O)/C=C/c1ccc(Br)o1. The number of hydrogen-bond donors (Lipinski definition) is 1. The highest BCUT2D eigenvalue weighted by molar-refractivity contribution is 9.10. The van der Waals surface area contributed by atoms with Crippen molar-refractivity contribution in [2.24, 2.45) is 0 Å². The molecule has 4 heteroatoms. The fourth-order valence-corrected chi connectivity index (χ4v) is 1.78. The van der Waals surface area contributed by atoms with Gasteiger partial charge in [0.2, 0.25) is 5.91 Å². The first-order valence-electron chi connectivity index (χ1n) is 5.45. The number of carbonyl (C=O) groups excluding carboxylic acids is 1. The summed E-state index contributed by atoms with van der Waals surface area (Å²) in [6.07, 6.45) is 3.07. The number of anilines is 1. The van der Waals surface area contributed by atoms with Crippen molar-refractivity contribution in [3.8, 4) is 0 Å². The number of halogens is 1. The van der Waals surface area contributed by atoms with Crippen molar-refractivity contribution < 1.29 is 9.21 Å². The van der Waals surface area contributed by atoms with Crippen LogP contribution in [0.4, 0.5) is 5.69 Å². The van der Waals surface area contributed by atoms with Crippen molar-refractivity contribution in [3.05, 3.63) is 58.5 Å². The summed E-state index contributed by atoms with van der Waals surface area (Å²) in [5.74, 6) is 0.443. The second-order valence-electron chi connectivity index (χ2n) is 3.78. The van der Waals surface area contributed by atoms with Gasteiger partial charge < -0.3 is 9.73 Å². The first-order chi connectivity index (χ1) is 8.65. The lowest BCUT2D eigenvalue weighted by molar-refractivity contribution is -0.111. The monoisotopic (exact) mass is 305 g/mol. The standard InChI is InChI=1S/C14H12BrNO2/c1-10-4-2-3-5-12(10)16-14(17)9-7-11-6-8-13(15)18-11/h2-9H,1H3,(H,16,17)/b9-7+. The summed E-state index contributed by atoms with van der Waals surface area (Å²) >= 11 is 3.20. The second kappa shape index (κ2) is 5.69. The van der Waals surface area contributed by atoms with E-state index in [9.17, 15) is 4.79 Å². The van der Waals surface area contributed by atoms with Gasteiger partial charge in [0.1, 0.15) is 5.76 Å². The van der Waals surface area contributed by atoms with Crippen LogP contribution >= 0.6 is 15.9 Å². The Bertz CT molecular complexity index is 587. The van der Waals surface area contributed by atoms with Crippen molar-refractivity contribution in [3.63, 3.8) is 0 Å². The molecule has 3 nitrogen and oxygen atoms in total. The van der Waals surface area contributed by atoms with E-state index >= 15 is 0 Å². The maximum absolute atomic E-state index is 11.7. The molecule has 0 bridgehead atoms. The lowest BCUT2D eigenvalue weighted by Crippen LogP contribution is -2.08. The van der Waals surface area contributed by atoms with E-state index in [1.807, 2.05) is 31.2 Å². The van der Waals surface area contributed by atoms with Crippen LogP contribution in [0.25, 0.3) is 6.08 Å². The molecule has 1 aromatic heterocycles. The average molecular weight is 306 g/mol. The third-order valence-corrected chi connectivity index (χ3v) is 2.82. The molecule has 0 radical (unpaired) electrons. The minimum Gasteiger partial charge on any atom is -0.450 e. The molecule has 1 amide bonds. The van der Waals surface area contributed by atoms with Gasteiger partial charge in [-0.15, -0.1) is 0 Å². The molecule has 0 aliphatic carbocycles. The summed E-state index contributed by atoms with van der Waals surface area (Å²) in [4.78, 5) is 11.7. The van der Waals surface area contributed by atoms with Gasteiger partial charge in [0.15, 0.2) is 4.67 Å². The topological polar surface area (TPSA) is 42.2 Å². The number of rotatable bonds is 3. The van der Waals surface area contributed by atoms with Crippen LogP contribution in [0.5, 0.6) is 0 Å². The largest absolute Gasteiger partial charge is 0.450 e. The van der Waals surface area contributed by atoms with Crippen molar-refractivity contribution in [1.82, 2.24) is 0 Å². The maximum atomic E-state index is 11.7. The fourth-order valence-electron chi connectivity index (χ4n) is 1.46. The van der Waals surface area contributed by atoms with E-state index in [0.29, 0.717) is 10.4 Å². The van der Waals surface area contributed by atoms with Crippen LogP contribution in [0, 0.1) is 6.92 Å². The molecule has 0 fully saturated rings. The van der Waals surface area contributed by atoms with Crippen molar-refractivity contribution in [2.45, 2.75) is 6.92 Å². The molecule has 1 aromatic carbocycles. The van der Waals surface area contributed by atoms with Crippen molar-refractivity contribution >= 4 is 33.6 Å². The Morgan fingerprint density at radius 1 is 1.28 bits per heavy atom.